The van der Waals surface area contributed by atoms with Gasteiger partial charge in [0.2, 0.25) is 10.0 Å². The van der Waals surface area contributed by atoms with E-state index in [1.165, 1.54) is 6.92 Å². The van der Waals surface area contributed by atoms with Crippen molar-refractivity contribution in [1.82, 2.24) is 20.2 Å². The lowest BCUT2D eigenvalue weighted by molar-refractivity contribution is 0.102. The number of rotatable bonds is 6. The summed E-state index contributed by atoms with van der Waals surface area (Å²) in [7, 11) is -3.50. The maximum atomic E-state index is 12.8. The van der Waals surface area contributed by atoms with Crippen molar-refractivity contribution in [2.45, 2.75) is 20.8 Å². The van der Waals surface area contributed by atoms with E-state index in [1.807, 2.05) is 13.0 Å². The van der Waals surface area contributed by atoms with Gasteiger partial charge in [0.1, 0.15) is 0 Å². The van der Waals surface area contributed by atoms with Gasteiger partial charge in [0.25, 0.3) is 5.91 Å². The summed E-state index contributed by atoms with van der Waals surface area (Å²) in [6, 6.07) is 11.8. The number of nitrogens with zero attached hydrogens (tertiary/aromatic N) is 4. The molecule has 1 amide bonds. The van der Waals surface area contributed by atoms with Gasteiger partial charge >= 0.3 is 0 Å². The molecule has 0 bridgehead atoms. The van der Waals surface area contributed by atoms with Gasteiger partial charge in [0, 0.05) is 5.69 Å². The van der Waals surface area contributed by atoms with Crippen molar-refractivity contribution < 1.29 is 13.2 Å². The van der Waals surface area contributed by atoms with Crippen LogP contribution in [0.5, 0.6) is 0 Å². The molecule has 2 aromatic carbocycles. The Morgan fingerprint density at radius 2 is 1.89 bits per heavy atom. The molecule has 28 heavy (non-hydrogen) atoms. The van der Waals surface area contributed by atoms with Crippen molar-refractivity contribution in [3.8, 4) is 5.69 Å². The summed E-state index contributed by atoms with van der Waals surface area (Å²) < 4.78 is 27.8. The van der Waals surface area contributed by atoms with Crippen molar-refractivity contribution in [2.24, 2.45) is 0 Å². The first-order chi connectivity index (χ1) is 13.3. The number of hydrogen-bond acceptors (Lipinski definition) is 6. The highest BCUT2D eigenvalue weighted by atomic mass is 32.2. The zero-order valence-corrected chi connectivity index (χ0v) is 16.5. The highest BCUT2D eigenvalue weighted by Crippen LogP contribution is 2.22. The van der Waals surface area contributed by atoms with E-state index < -0.39 is 15.9 Å². The standard InChI is InChI=1S/C18H20N6O3S/c1-4-28(26,27)21-16-8-6-5-7-15(16)18(25)19-14-10-9-12(2)17(11-14)24-13(3)20-22-23-24/h5-11,21H,4H2,1-3H3,(H,19,25). The molecule has 1 heterocycles. The molecule has 0 aliphatic heterocycles. The van der Waals surface area contributed by atoms with E-state index in [4.69, 9.17) is 0 Å². The number of carbonyl (C=O) groups is 1. The second-order valence-corrected chi connectivity index (χ2v) is 8.16. The zero-order chi connectivity index (χ0) is 20.3. The second-order valence-electron chi connectivity index (χ2n) is 6.14. The van der Waals surface area contributed by atoms with Crippen LogP contribution in [-0.2, 0) is 10.0 Å². The van der Waals surface area contributed by atoms with Crippen LogP contribution in [-0.4, -0.2) is 40.3 Å². The normalized spacial score (nSPS) is 11.2. The number of benzene rings is 2. The van der Waals surface area contributed by atoms with Crippen molar-refractivity contribution >= 4 is 27.3 Å². The summed E-state index contributed by atoms with van der Waals surface area (Å²) in [5.74, 6) is 0.0961. The average molecular weight is 400 g/mol. The predicted molar refractivity (Wildman–Crippen MR) is 106 cm³/mol. The molecule has 0 radical (unpaired) electrons. The first kappa shape index (κ1) is 19.5. The number of aromatic nitrogens is 4. The van der Waals surface area contributed by atoms with Gasteiger partial charge in [-0.25, -0.2) is 8.42 Å². The third-order valence-electron chi connectivity index (χ3n) is 4.14. The van der Waals surface area contributed by atoms with Crippen molar-refractivity contribution in [3.05, 3.63) is 59.4 Å². The van der Waals surface area contributed by atoms with E-state index in [0.717, 1.165) is 11.3 Å². The average Bonchev–Trinajstić information content (AvgIpc) is 3.09. The summed E-state index contributed by atoms with van der Waals surface area (Å²) in [5.41, 5.74) is 2.66. The molecule has 0 atom stereocenters. The molecule has 0 saturated carbocycles. The molecule has 0 spiro atoms. The largest absolute Gasteiger partial charge is 0.322 e. The third-order valence-corrected chi connectivity index (χ3v) is 5.43. The summed E-state index contributed by atoms with van der Waals surface area (Å²) in [6.45, 7) is 5.22. The van der Waals surface area contributed by atoms with Crippen LogP contribution in [0.15, 0.2) is 42.5 Å². The van der Waals surface area contributed by atoms with Gasteiger partial charge in [-0.3, -0.25) is 9.52 Å². The Kier molecular flexibility index (Phi) is 5.41. The summed E-state index contributed by atoms with van der Waals surface area (Å²) in [4.78, 5) is 12.8. The molecule has 0 fully saturated rings. The van der Waals surface area contributed by atoms with Crippen LogP contribution in [0.1, 0.15) is 28.7 Å². The molecular formula is C18H20N6O3S. The minimum atomic E-state index is -3.50. The van der Waals surface area contributed by atoms with E-state index >= 15 is 0 Å². The highest BCUT2D eigenvalue weighted by molar-refractivity contribution is 7.92. The van der Waals surface area contributed by atoms with Crippen LogP contribution >= 0.6 is 0 Å². The van der Waals surface area contributed by atoms with Crippen LogP contribution in [0, 0.1) is 13.8 Å². The Morgan fingerprint density at radius 3 is 2.57 bits per heavy atom. The smallest absolute Gasteiger partial charge is 0.257 e. The molecule has 146 valence electrons. The van der Waals surface area contributed by atoms with Crippen LogP contribution in [0.3, 0.4) is 0 Å². The Bertz CT molecular complexity index is 1120. The fourth-order valence-electron chi connectivity index (χ4n) is 2.58. The van der Waals surface area contributed by atoms with Gasteiger partial charge in [-0.2, -0.15) is 4.68 Å². The number of sulfonamides is 1. The maximum absolute atomic E-state index is 12.8. The molecule has 0 saturated heterocycles. The van der Waals surface area contributed by atoms with E-state index in [2.05, 4.69) is 25.6 Å². The predicted octanol–water partition coefficient (Wildman–Crippen LogP) is 2.29. The molecular weight excluding hydrogens is 380 g/mol. The van der Waals surface area contributed by atoms with E-state index in [0.29, 0.717) is 11.5 Å². The number of amides is 1. The molecule has 0 unspecified atom stereocenters. The second kappa shape index (κ2) is 7.77. The summed E-state index contributed by atoms with van der Waals surface area (Å²) >= 11 is 0. The maximum Gasteiger partial charge on any atom is 0.257 e. The van der Waals surface area contributed by atoms with E-state index in [1.54, 1.807) is 48.0 Å². The molecule has 10 heteroatoms. The Morgan fingerprint density at radius 1 is 1.14 bits per heavy atom. The van der Waals surface area contributed by atoms with Gasteiger partial charge in [0.15, 0.2) is 5.82 Å². The molecule has 9 nitrogen and oxygen atoms in total. The molecule has 3 aromatic rings. The zero-order valence-electron chi connectivity index (χ0n) is 15.7. The molecule has 0 aliphatic carbocycles. The Balaban J connectivity index is 1.90. The number of hydrogen-bond donors (Lipinski definition) is 2. The van der Waals surface area contributed by atoms with Crippen LogP contribution in [0.4, 0.5) is 11.4 Å². The van der Waals surface area contributed by atoms with Gasteiger partial charge in [-0.05, 0) is 61.0 Å². The van der Waals surface area contributed by atoms with Crippen molar-refractivity contribution in [3.63, 3.8) is 0 Å². The number of aryl methyl sites for hydroxylation is 2. The SMILES string of the molecule is CCS(=O)(=O)Nc1ccccc1C(=O)Nc1ccc(C)c(-n2nnnc2C)c1. The van der Waals surface area contributed by atoms with Gasteiger partial charge in [0.05, 0.1) is 22.7 Å². The third kappa shape index (κ3) is 4.17. The first-order valence-electron chi connectivity index (χ1n) is 8.57. The van der Waals surface area contributed by atoms with Crippen LogP contribution in [0.2, 0.25) is 0 Å². The molecule has 1 aromatic heterocycles. The Hall–Kier alpha value is -3.27. The van der Waals surface area contributed by atoms with Crippen LogP contribution in [0.25, 0.3) is 5.69 Å². The van der Waals surface area contributed by atoms with Crippen LogP contribution < -0.4 is 10.0 Å². The summed E-state index contributed by atoms with van der Waals surface area (Å²) in [6.07, 6.45) is 0. The highest BCUT2D eigenvalue weighted by Gasteiger charge is 2.16. The number of carbonyl (C=O) groups excluding carboxylic acids is 1. The Labute approximate surface area is 162 Å². The van der Waals surface area contributed by atoms with Gasteiger partial charge in [-0.1, -0.05) is 18.2 Å². The number of tetrazole rings is 1. The fourth-order valence-corrected chi connectivity index (χ4v) is 3.24. The molecule has 0 aliphatic rings. The van der Waals surface area contributed by atoms with Gasteiger partial charge < -0.3 is 5.32 Å². The fraction of sp³-hybridized carbons (Fsp3) is 0.222. The van der Waals surface area contributed by atoms with Crippen molar-refractivity contribution in [1.29, 1.82) is 0 Å². The minimum Gasteiger partial charge on any atom is -0.322 e. The quantitative estimate of drug-likeness (QED) is 0.655. The lowest BCUT2D eigenvalue weighted by Gasteiger charge is -2.13. The van der Waals surface area contributed by atoms with E-state index in [9.17, 15) is 13.2 Å². The molecule has 3 rings (SSSR count). The van der Waals surface area contributed by atoms with Gasteiger partial charge in [-0.15, -0.1) is 5.10 Å². The van der Waals surface area contributed by atoms with E-state index in [-0.39, 0.29) is 17.0 Å². The first-order valence-corrected chi connectivity index (χ1v) is 10.2. The minimum absolute atomic E-state index is 0.0877. The monoisotopic (exact) mass is 400 g/mol. The summed E-state index contributed by atoms with van der Waals surface area (Å²) in [5, 5.41) is 14.3. The number of anilines is 2. The molecule has 2 N–H and O–H groups in total. The number of para-hydroxylation sites is 1. The lowest BCUT2D eigenvalue weighted by atomic mass is 10.1. The topological polar surface area (TPSA) is 119 Å². The lowest BCUT2D eigenvalue weighted by Crippen LogP contribution is -2.19. The number of nitrogens with one attached hydrogen (secondary N) is 2. The van der Waals surface area contributed by atoms with Crippen molar-refractivity contribution in [2.75, 3.05) is 15.8 Å².